The number of piperidine rings is 1. The van der Waals surface area contributed by atoms with Gasteiger partial charge in [-0.05, 0) is 38.5 Å². The predicted molar refractivity (Wildman–Crippen MR) is 96.1 cm³/mol. The summed E-state index contributed by atoms with van der Waals surface area (Å²) in [5.41, 5.74) is 0. The summed E-state index contributed by atoms with van der Waals surface area (Å²) in [6.07, 6.45) is 7.80. The molecule has 24 heavy (non-hydrogen) atoms. The van der Waals surface area contributed by atoms with Crippen LogP contribution in [-0.2, 0) is 9.53 Å². The third kappa shape index (κ3) is 4.70. The quantitative estimate of drug-likeness (QED) is 0.693. The van der Waals surface area contributed by atoms with E-state index in [2.05, 4.69) is 14.7 Å². The van der Waals surface area contributed by atoms with Crippen molar-refractivity contribution in [3.63, 3.8) is 0 Å². The molecule has 0 aromatic rings. The molecule has 2 atom stereocenters. The number of nitrogens with zero attached hydrogens (tertiary/aromatic N) is 3. The Kier molecular flexibility index (Phi) is 6.93. The van der Waals surface area contributed by atoms with E-state index in [4.69, 9.17) is 4.74 Å². The maximum atomic E-state index is 12.9. The van der Waals surface area contributed by atoms with Gasteiger partial charge >= 0.3 is 0 Å². The van der Waals surface area contributed by atoms with Gasteiger partial charge in [0.25, 0.3) is 0 Å². The van der Waals surface area contributed by atoms with E-state index < -0.39 is 0 Å². The number of ether oxygens (including phenoxy) is 1. The van der Waals surface area contributed by atoms with E-state index >= 15 is 0 Å². The number of carbonyl (C=O) groups is 1. The van der Waals surface area contributed by atoms with Crippen LogP contribution in [0.3, 0.4) is 0 Å². The van der Waals surface area contributed by atoms with Crippen molar-refractivity contribution in [3.8, 4) is 0 Å². The van der Waals surface area contributed by atoms with Gasteiger partial charge in [-0.1, -0.05) is 12.8 Å². The maximum Gasteiger partial charge on any atom is 0.237 e. The van der Waals surface area contributed by atoms with Gasteiger partial charge in [-0.25, -0.2) is 0 Å². The van der Waals surface area contributed by atoms with Crippen molar-refractivity contribution in [2.75, 3.05) is 59.0 Å². The number of amides is 1. The first kappa shape index (κ1) is 18.2. The van der Waals surface area contributed by atoms with E-state index in [9.17, 15) is 4.79 Å². The molecule has 2 heterocycles. The van der Waals surface area contributed by atoms with Crippen molar-refractivity contribution in [2.45, 2.75) is 51.5 Å². The van der Waals surface area contributed by atoms with Crippen LogP contribution in [0, 0.1) is 5.92 Å². The summed E-state index contributed by atoms with van der Waals surface area (Å²) >= 11 is 0. The molecule has 1 aliphatic carbocycles. The van der Waals surface area contributed by atoms with Gasteiger partial charge in [-0.3, -0.25) is 14.6 Å². The van der Waals surface area contributed by atoms with Gasteiger partial charge < -0.3 is 9.64 Å². The molecule has 138 valence electrons. The minimum Gasteiger partial charge on any atom is -0.380 e. The third-order valence-corrected chi connectivity index (χ3v) is 6.14. The fraction of sp³-hybridized carbons (Fsp3) is 0.947. The van der Waals surface area contributed by atoms with Crippen molar-refractivity contribution in [1.82, 2.24) is 14.7 Å². The highest BCUT2D eigenvalue weighted by Crippen LogP contribution is 2.35. The van der Waals surface area contributed by atoms with Gasteiger partial charge in [0, 0.05) is 51.9 Å². The molecule has 3 rings (SSSR count). The summed E-state index contributed by atoms with van der Waals surface area (Å²) in [6.45, 7) is 10.5. The summed E-state index contributed by atoms with van der Waals surface area (Å²) in [6, 6.07) is 0.549. The van der Waals surface area contributed by atoms with Crippen LogP contribution in [0.25, 0.3) is 0 Å². The van der Waals surface area contributed by atoms with Gasteiger partial charge in [0.1, 0.15) is 0 Å². The molecule has 5 nitrogen and oxygen atoms in total. The van der Waals surface area contributed by atoms with Crippen LogP contribution in [0.1, 0.15) is 45.4 Å². The number of carbonyl (C=O) groups excluding carboxylic acids is 1. The smallest absolute Gasteiger partial charge is 0.237 e. The maximum absolute atomic E-state index is 12.9. The zero-order valence-corrected chi connectivity index (χ0v) is 15.4. The van der Waals surface area contributed by atoms with E-state index in [1.807, 2.05) is 6.92 Å². The van der Waals surface area contributed by atoms with Crippen LogP contribution in [0.2, 0.25) is 0 Å². The fourth-order valence-corrected chi connectivity index (χ4v) is 4.73. The molecule has 0 aromatic carbocycles. The average molecular weight is 338 g/mol. The molecule has 2 saturated heterocycles. The van der Waals surface area contributed by atoms with Gasteiger partial charge in [0.15, 0.2) is 0 Å². The highest BCUT2D eigenvalue weighted by molar-refractivity contribution is 5.78. The first-order valence-corrected chi connectivity index (χ1v) is 10.1. The molecule has 0 aromatic heterocycles. The summed E-state index contributed by atoms with van der Waals surface area (Å²) in [4.78, 5) is 19.9. The Bertz CT molecular complexity index is 394. The predicted octanol–water partition coefficient (Wildman–Crippen LogP) is 1.82. The number of hydrogen-bond acceptors (Lipinski definition) is 4. The van der Waals surface area contributed by atoms with E-state index in [-0.39, 0.29) is 0 Å². The summed E-state index contributed by atoms with van der Waals surface area (Å²) in [5, 5.41) is 0. The normalized spacial score (nSPS) is 29.5. The molecule has 5 heteroatoms. The topological polar surface area (TPSA) is 36.0 Å². The lowest BCUT2D eigenvalue weighted by Crippen LogP contribution is -2.55. The van der Waals surface area contributed by atoms with Crippen molar-refractivity contribution in [2.24, 2.45) is 5.92 Å². The number of rotatable bonds is 6. The second-order valence-corrected chi connectivity index (χ2v) is 7.66. The van der Waals surface area contributed by atoms with E-state index in [1.165, 1.54) is 38.5 Å². The Morgan fingerprint density at radius 3 is 2.46 bits per heavy atom. The largest absolute Gasteiger partial charge is 0.380 e. The Morgan fingerprint density at radius 2 is 1.67 bits per heavy atom. The van der Waals surface area contributed by atoms with Crippen LogP contribution in [0.4, 0.5) is 0 Å². The van der Waals surface area contributed by atoms with Gasteiger partial charge in [0.05, 0.1) is 13.2 Å². The highest BCUT2D eigenvalue weighted by atomic mass is 16.5. The molecule has 2 aliphatic heterocycles. The standard InChI is InChI=1S/C19H35N3O2/c1-2-24-15-14-20-10-12-21(13-11-20)16-19(23)22-9-5-7-17-6-3-4-8-18(17)22/h17-18H,2-16H2,1H3/t17-,18+/m0/s1. The van der Waals surface area contributed by atoms with Crippen molar-refractivity contribution >= 4 is 5.91 Å². The van der Waals surface area contributed by atoms with E-state index in [1.54, 1.807) is 0 Å². The molecular formula is C19H35N3O2. The van der Waals surface area contributed by atoms with Gasteiger partial charge in [-0.2, -0.15) is 0 Å². The highest BCUT2D eigenvalue weighted by Gasteiger charge is 2.36. The zero-order chi connectivity index (χ0) is 16.8. The molecule has 0 N–H and O–H groups in total. The Balaban J connectivity index is 1.42. The fourth-order valence-electron chi connectivity index (χ4n) is 4.73. The molecule has 0 spiro atoms. The lowest BCUT2D eigenvalue weighted by Gasteiger charge is -2.45. The molecule has 3 fully saturated rings. The zero-order valence-electron chi connectivity index (χ0n) is 15.4. The van der Waals surface area contributed by atoms with Crippen LogP contribution in [0.5, 0.6) is 0 Å². The van der Waals surface area contributed by atoms with Crippen LogP contribution >= 0.6 is 0 Å². The van der Waals surface area contributed by atoms with E-state index in [0.29, 0.717) is 18.5 Å². The van der Waals surface area contributed by atoms with Crippen LogP contribution < -0.4 is 0 Å². The van der Waals surface area contributed by atoms with Crippen LogP contribution in [-0.4, -0.2) is 85.7 Å². The van der Waals surface area contributed by atoms with Gasteiger partial charge in [-0.15, -0.1) is 0 Å². The van der Waals surface area contributed by atoms with Crippen LogP contribution in [0.15, 0.2) is 0 Å². The molecule has 1 amide bonds. The SMILES string of the molecule is CCOCCN1CCN(CC(=O)N2CCC[C@@H]3CCCC[C@H]32)CC1. The number of likely N-dealkylation sites (tertiary alicyclic amines) is 1. The van der Waals surface area contributed by atoms with Crippen molar-refractivity contribution in [3.05, 3.63) is 0 Å². The van der Waals surface area contributed by atoms with Crippen molar-refractivity contribution in [1.29, 1.82) is 0 Å². The molecule has 3 aliphatic rings. The Morgan fingerprint density at radius 1 is 0.958 bits per heavy atom. The second-order valence-electron chi connectivity index (χ2n) is 7.66. The van der Waals surface area contributed by atoms with E-state index in [0.717, 1.165) is 58.4 Å². The molecular weight excluding hydrogens is 302 g/mol. The summed E-state index contributed by atoms with van der Waals surface area (Å²) < 4.78 is 5.44. The number of fused-ring (bicyclic) bond motifs is 1. The average Bonchev–Trinajstić information content (AvgIpc) is 2.63. The van der Waals surface area contributed by atoms with Crippen molar-refractivity contribution < 1.29 is 9.53 Å². The lowest BCUT2D eigenvalue weighted by atomic mass is 9.78. The molecule has 0 radical (unpaired) electrons. The third-order valence-electron chi connectivity index (χ3n) is 6.14. The van der Waals surface area contributed by atoms with Gasteiger partial charge in [0.2, 0.25) is 5.91 Å². The monoisotopic (exact) mass is 337 g/mol. The first-order chi connectivity index (χ1) is 11.8. The molecule has 1 saturated carbocycles. The number of hydrogen-bond donors (Lipinski definition) is 0. The molecule has 0 bridgehead atoms. The first-order valence-electron chi connectivity index (χ1n) is 10.1. The second kappa shape index (κ2) is 9.16. The molecule has 0 unspecified atom stereocenters. The Labute approximate surface area is 147 Å². The minimum atomic E-state index is 0.384. The summed E-state index contributed by atoms with van der Waals surface area (Å²) in [5.74, 6) is 1.17. The minimum absolute atomic E-state index is 0.384. The lowest BCUT2D eigenvalue weighted by molar-refractivity contribution is -0.139. The summed E-state index contributed by atoms with van der Waals surface area (Å²) in [7, 11) is 0. The Hall–Kier alpha value is -0.650. The number of piperazine rings is 1.